The Morgan fingerprint density at radius 2 is 1.78 bits per heavy atom. The molecule has 0 aromatic heterocycles. The molecule has 1 saturated heterocycles. The molecule has 0 atom stereocenters. The fraction of sp³-hybridized carbons (Fsp3) is 0.278. The van der Waals surface area contributed by atoms with Crippen LogP contribution >= 0.6 is 12.4 Å². The van der Waals surface area contributed by atoms with Gasteiger partial charge in [-0.05, 0) is 56.3 Å². The number of sulfonamides is 1. The van der Waals surface area contributed by atoms with Crippen LogP contribution in [0.3, 0.4) is 0 Å². The summed E-state index contributed by atoms with van der Waals surface area (Å²) in [5.74, 6) is -0.990. The SMILES string of the molecule is Cl.O=C(NC1CCNCC1)c1cccc(S(=O)(=O)Nc2ccccc2F)c1. The third-order valence-electron chi connectivity index (χ3n) is 4.20. The Bertz CT molecular complexity index is 902. The number of rotatable bonds is 5. The molecule has 1 aliphatic rings. The van der Waals surface area contributed by atoms with E-state index in [2.05, 4.69) is 15.4 Å². The summed E-state index contributed by atoms with van der Waals surface area (Å²) in [6, 6.07) is 11.3. The van der Waals surface area contributed by atoms with Crippen LogP contribution in [0.4, 0.5) is 10.1 Å². The molecule has 0 spiro atoms. The number of halogens is 2. The van der Waals surface area contributed by atoms with E-state index in [1.165, 1.54) is 42.5 Å². The zero-order chi connectivity index (χ0) is 18.6. The number of hydrogen-bond donors (Lipinski definition) is 3. The van der Waals surface area contributed by atoms with Crippen LogP contribution in [0.2, 0.25) is 0 Å². The molecule has 0 saturated carbocycles. The number of hydrogen-bond acceptors (Lipinski definition) is 4. The first-order valence-electron chi connectivity index (χ1n) is 8.35. The lowest BCUT2D eigenvalue weighted by atomic mass is 10.1. The average molecular weight is 414 g/mol. The van der Waals surface area contributed by atoms with Gasteiger partial charge in [0.2, 0.25) is 0 Å². The molecule has 146 valence electrons. The first kappa shape index (κ1) is 21.1. The van der Waals surface area contributed by atoms with E-state index in [-0.39, 0.29) is 40.5 Å². The van der Waals surface area contributed by atoms with E-state index in [1.54, 1.807) is 6.07 Å². The van der Waals surface area contributed by atoms with Gasteiger partial charge in [-0.3, -0.25) is 9.52 Å². The molecule has 27 heavy (non-hydrogen) atoms. The maximum absolute atomic E-state index is 13.7. The number of nitrogens with one attached hydrogen (secondary N) is 3. The molecular weight excluding hydrogens is 393 g/mol. The molecule has 3 N–H and O–H groups in total. The van der Waals surface area contributed by atoms with Gasteiger partial charge in [-0.15, -0.1) is 12.4 Å². The number of carbonyl (C=O) groups is 1. The highest BCUT2D eigenvalue weighted by Crippen LogP contribution is 2.19. The van der Waals surface area contributed by atoms with Crippen molar-refractivity contribution in [3.8, 4) is 0 Å². The smallest absolute Gasteiger partial charge is 0.262 e. The average Bonchev–Trinajstić information content (AvgIpc) is 2.64. The third kappa shape index (κ3) is 5.41. The molecule has 2 aromatic carbocycles. The van der Waals surface area contributed by atoms with E-state index in [9.17, 15) is 17.6 Å². The number of amides is 1. The van der Waals surface area contributed by atoms with Crippen LogP contribution in [-0.4, -0.2) is 33.5 Å². The normalized spacial score (nSPS) is 14.9. The van der Waals surface area contributed by atoms with Crippen molar-refractivity contribution in [1.82, 2.24) is 10.6 Å². The highest BCUT2D eigenvalue weighted by Gasteiger charge is 2.20. The Kier molecular flexibility index (Phi) is 7.18. The van der Waals surface area contributed by atoms with Crippen LogP contribution in [-0.2, 0) is 10.0 Å². The second-order valence-electron chi connectivity index (χ2n) is 6.11. The van der Waals surface area contributed by atoms with Crippen molar-refractivity contribution in [2.75, 3.05) is 17.8 Å². The van der Waals surface area contributed by atoms with E-state index >= 15 is 0 Å². The molecule has 1 heterocycles. The van der Waals surface area contributed by atoms with Gasteiger partial charge in [-0.2, -0.15) is 0 Å². The Hall–Kier alpha value is -2.16. The van der Waals surface area contributed by atoms with Crippen LogP contribution < -0.4 is 15.4 Å². The molecular formula is C18H21ClFN3O3S. The zero-order valence-corrected chi connectivity index (χ0v) is 16.1. The van der Waals surface area contributed by atoms with Gasteiger partial charge in [0, 0.05) is 11.6 Å². The van der Waals surface area contributed by atoms with E-state index in [1.807, 2.05) is 0 Å². The minimum atomic E-state index is -4.00. The summed E-state index contributed by atoms with van der Waals surface area (Å²) in [7, 11) is -4.00. The van der Waals surface area contributed by atoms with Gasteiger partial charge in [0.05, 0.1) is 10.6 Å². The van der Waals surface area contributed by atoms with Crippen molar-refractivity contribution in [2.45, 2.75) is 23.8 Å². The first-order chi connectivity index (χ1) is 12.5. The van der Waals surface area contributed by atoms with Crippen molar-refractivity contribution in [3.63, 3.8) is 0 Å². The van der Waals surface area contributed by atoms with Crippen molar-refractivity contribution in [2.24, 2.45) is 0 Å². The molecule has 1 fully saturated rings. The number of piperidine rings is 1. The van der Waals surface area contributed by atoms with Gasteiger partial charge in [0.1, 0.15) is 5.82 Å². The van der Waals surface area contributed by atoms with Gasteiger partial charge in [0.15, 0.2) is 0 Å². The Balaban J connectivity index is 0.00000261. The zero-order valence-electron chi connectivity index (χ0n) is 14.4. The van der Waals surface area contributed by atoms with Crippen molar-refractivity contribution >= 4 is 34.0 Å². The molecule has 3 rings (SSSR count). The summed E-state index contributed by atoms with van der Waals surface area (Å²) in [5.41, 5.74) is 0.108. The fourth-order valence-electron chi connectivity index (χ4n) is 2.79. The van der Waals surface area contributed by atoms with E-state index in [4.69, 9.17) is 0 Å². The molecule has 0 unspecified atom stereocenters. The standard InChI is InChI=1S/C18H20FN3O3S.ClH/c19-16-6-1-2-7-17(16)22-26(24,25)15-5-3-4-13(12-15)18(23)21-14-8-10-20-11-9-14;/h1-7,12,14,20,22H,8-11H2,(H,21,23);1H. The summed E-state index contributed by atoms with van der Waals surface area (Å²) in [6.45, 7) is 1.68. The highest BCUT2D eigenvalue weighted by atomic mass is 35.5. The summed E-state index contributed by atoms with van der Waals surface area (Å²) < 4.78 is 40.9. The van der Waals surface area contributed by atoms with Crippen LogP contribution in [0.5, 0.6) is 0 Å². The van der Waals surface area contributed by atoms with Gasteiger partial charge in [0.25, 0.3) is 15.9 Å². The number of carbonyl (C=O) groups excluding carboxylic acids is 1. The lowest BCUT2D eigenvalue weighted by Crippen LogP contribution is -2.42. The summed E-state index contributed by atoms with van der Waals surface area (Å²) in [4.78, 5) is 12.3. The number of anilines is 1. The molecule has 0 radical (unpaired) electrons. The van der Waals surface area contributed by atoms with Gasteiger partial charge < -0.3 is 10.6 Å². The Labute approximate surface area is 164 Å². The van der Waals surface area contributed by atoms with Crippen molar-refractivity contribution < 1.29 is 17.6 Å². The van der Waals surface area contributed by atoms with Crippen LogP contribution in [0.1, 0.15) is 23.2 Å². The second-order valence-corrected chi connectivity index (χ2v) is 7.79. The summed E-state index contributed by atoms with van der Waals surface area (Å²) >= 11 is 0. The first-order valence-corrected chi connectivity index (χ1v) is 9.83. The number of para-hydroxylation sites is 1. The fourth-order valence-corrected chi connectivity index (χ4v) is 3.90. The topological polar surface area (TPSA) is 87.3 Å². The molecule has 1 amide bonds. The summed E-state index contributed by atoms with van der Waals surface area (Å²) in [6.07, 6.45) is 1.66. The molecule has 0 bridgehead atoms. The van der Waals surface area contributed by atoms with Crippen LogP contribution in [0.15, 0.2) is 53.4 Å². The predicted molar refractivity (Wildman–Crippen MR) is 104 cm³/mol. The predicted octanol–water partition coefficient (Wildman–Crippen LogP) is 2.53. The molecule has 2 aromatic rings. The molecule has 1 aliphatic heterocycles. The van der Waals surface area contributed by atoms with Gasteiger partial charge in [-0.25, -0.2) is 12.8 Å². The largest absolute Gasteiger partial charge is 0.349 e. The minimum Gasteiger partial charge on any atom is -0.349 e. The maximum Gasteiger partial charge on any atom is 0.262 e. The van der Waals surface area contributed by atoms with Crippen molar-refractivity contribution in [1.29, 1.82) is 0 Å². The Morgan fingerprint density at radius 3 is 2.48 bits per heavy atom. The minimum absolute atomic E-state index is 0. The van der Waals surface area contributed by atoms with E-state index < -0.39 is 15.8 Å². The van der Waals surface area contributed by atoms with Crippen LogP contribution in [0.25, 0.3) is 0 Å². The van der Waals surface area contributed by atoms with Gasteiger partial charge >= 0.3 is 0 Å². The van der Waals surface area contributed by atoms with Crippen LogP contribution in [0, 0.1) is 5.82 Å². The Morgan fingerprint density at radius 1 is 1.07 bits per heavy atom. The maximum atomic E-state index is 13.7. The lowest BCUT2D eigenvalue weighted by Gasteiger charge is -2.23. The van der Waals surface area contributed by atoms with Crippen molar-refractivity contribution in [3.05, 3.63) is 59.9 Å². The summed E-state index contributed by atoms with van der Waals surface area (Å²) in [5, 5.41) is 6.13. The highest BCUT2D eigenvalue weighted by molar-refractivity contribution is 7.92. The molecule has 9 heteroatoms. The van der Waals surface area contributed by atoms with E-state index in [0.717, 1.165) is 25.9 Å². The number of benzene rings is 2. The van der Waals surface area contributed by atoms with E-state index in [0.29, 0.717) is 0 Å². The second kappa shape index (κ2) is 9.16. The molecule has 6 nitrogen and oxygen atoms in total. The third-order valence-corrected chi connectivity index (χ3v) is 5.56. The van der Waals surface area contributed by atoms with Gasteiger partial charge in [-0.1, -0.05) is 18.2 Å². The quantitative estimate of drug-likeness (QED) is 0.703. The molecule has 0 aliphatic carbocycles. The lowest BCUT2D eigenvalue weighted by molar-refractivity contribution is 0.0929. The monoisotopic (exact) mass is 413 g/mol.